The van der Waals surface area contributed by atoms with E-state index in [2.05, 4.69) is 30.6 Å². The van der Waals surface area contributed by atoms with Crippen LogP contribution in [0.15, 0.2) is 55.2 Å². The third kappa shape index (κ3) is 4.05. The van der Waals surface area contributed by atoms with E-state index in [0.29, 0.717) is 4.68 Å². The van der Waals surface area contributed by atoms with Gasteiger partial charge in [-0.05, 0) is 12.1 Å². The summed E-state index contributed by atoms with van der Waals surface area (Å²) < 4.78 is 57.5. The molecule has 0 amide bonds. The molecule has 0 bridgehead atoms. The second-order valence-corrected chi connectivity index (χ2v) is 7.85. The molecule has 5 aromatic rings. The fourth-order valence-corrected chi connectivity index (χ4v) is 3.92. The Morgan fingerprint density at radius 1 is 1.06 bits per heavy atom. The van der Waals surface area contributed by atoms with Crippen molar-refractivity contribution in [2.75, 3.05) is 11.1 Å². The first-order valence-electron chi connectivity index (χ1n) is 10.1. The zero-order valence-corrected chi connectivity index (χ0v) is 18.6. The molecule has 1 atom stereocenters. The molecule has 5 rings (SSSR count). The molecule has 184 valence electrons. The molecular formula is C21H14ClF4N9O. The Morgan fingerprint density at radius 3 is 2.50 bits per heavy atom. The highest BCUT2D eigenvalue weighted by atomic mass is 35.5. The maximum atomic E-state index is 14.4. The maximum absolute atomic E-state index is 14.4. The van der Waals surface area contributed by atoms with Crippen molar-refractivity contribution in [3.8, 4) is 11.5 Å². The quantitative estimate of drug-likeness (QED) is 0.235. The first-order valence-corrected chi connectivity index (χ1v) is 10.5. The third-order valence-corrected chi connectivity index (χ3v) is 5.47. The minimum Gasteiger partial charge on any atom is -0.383 e. The van der Waals surface area contributed by atoms with Crippen molar-refractivity contribution in [2.45, 2.75) is 12.4 Å². The molecule has 4 N–H and O–H groups in total. The molecule has 0 aliphatic carbocycles. The van der Waals surface area contributed by atoms with E-state index >= 15 is 0 Å². The van der Waals surface area contributed by atoms with Crippen LogP contribution in [0, 0.1) is 5.82 Å². The predicted octanol–water partition coefficient (Wildman–Crippen LogP) is 3.89. The van der Waals surface area contributed by atoms with Crippen LogP contribution >= 0.6 is 11.6 Å². The second-order valence-electron chi connectivity index (χ2n) is 7.44. The summed E-state index contributed by atoms with van der Waals surface area (Å²) in [6.07, 6.45) is -0.858. The van der Waals surface area contributed by atoms with Crippen molar-refractivity contribution in [2.24, 2.45) is 0 Å². The van der Waals surface area contributed by atoms with Gasteiger partial charge in [-0.1, -0.05) is 23.7 Å². The summed E-state index contributed by atoms with van der Waals surface area (Å²) in [6, 6.07) is 5.18. The largest absolute Gasteiger partial charge is 0.433 e. The lowest BCUT2D eigenvalue weighted by atomic mass is 10.1. The second kappa shape index (κ2) is 8.73. The highest BCUT2D eigenvalue weighted by Crippen LogP contribution is 2.38. The maximum Gasteiger partial charge on any atom is 0.433 e. The molecule has 1 unspecified atom stereocenters. The number of hydrogen-bond acceptors (Lipinski definition) is 8. The molecule has 10 nitrogen and oxygen atoms in total. The van der Waals surface area contributed by atoms with Crippen molar-refractivity contribution in [1.29, 1.82) is 0 Å². The average molecular weight is 520 g/mol. The number of nitrogens with zero attached hydrogens (tertiary/aromatic N) is 7. The van der Waals surface area contributed by atoms with Gasteiger partial charge in [0.15, 0.2) is 17.7 Å². The summed E-state index contributed by atoms with van der Waals surface area (Å²) in [4.78, 5) is 9.06. The standard InChI is InChI=1S/C21H14ClF4N9O/c22-13-6-10(7-29-19(13)35-30-4-5-31-35)33-20(36)12-8-32-34(17(12)21(24,25)26)15-9-28-18(27)16-11(15)2-1-3-14(16)23/h1-9,20,33,36H,(H2,27,28). The van der Waals surface area contributed by atoms with Crippen LogP contribution in [-0.2, 0) is 6.18 Å². The smallest absolute Gasteiger partial charge is 0.383 e. The van der Waals surface area contributed by atoms with Crippen LogP contribution < -0.4 is 11.1 Å². The Kier molecular flexibility index (Phi) is 5.68. The van der Waals surface area contributed by atoms with Gasteiger partial charge in [0, 0.05) is 5.39 Å². The van der Waals surface area contributed by atoms with Crippen molar-refractivity contribution < 1.29 is 22.7 Å². The number of aliphatic hydroxyl groups excluding tert-OH is 1. The Bertz CT molecular complexity index is 1560. The molecule has 15 heteroatoms. The van der Waals surface area contributed by atoms with Crippen LogP contribution in [0.4, 0.5) is 29.1 Å². The zero-order valence-electron chi connectivity index (χ0n) is 17.8. The van der Waals surface area contributed by atoms with Gasteiger partial charge in [-0.3, -0.25) is 0 Å². The van der Waals surface area contributed by atoms with Crippen LogP contribution in [0.2, 0.25) is 5.02 Å². The monoisotopic (exact) mass is 519 g/mol. The highest BCUT2D eigenvalue weighted by Gasteiger charge is 2.41. The summed E-state index contributed by atoms with van der Waals surface area (Å²) in [7, 11) is 0. The molecule has 0 radical (unpaired) electrons. The van der Waals surface area contributed by atoms with Gasteiger partial charge in [0.25, 0.3) is 0 Å². The lowest BCUT2D eigenvalue weighted by Crippen LogP contribution is -2.20. The number of halogens is 5. The summed E-state index contributed by atoms with van der Waals surface area (Å²) in [5.41, 5.74) is 3.79. The number of rotatable bonds is 5. The van der Waals surface area contributed by atoms with Gasteiger partial charge in [-0.15, -0.1) is 4.80 Å². The first kappa shape index (κ1) is 23.4. The molecule has 1 aromatic carbocycles. The molecule has 0 aliphatic heterocycles. The van der Waals surface area contributed by atoms with E-state index in [1.54, 1.807) is 0 Å². The highest BCUT2D eigenvalue weighted by molar-refractivity contribution is 6.32. The number of benzene rings is 1. The van der Waals surface area contributed by atoms with E-state index in [9.17, 15) is 22.7 Å². The molecule has 0 aliphatic rings. The summed E-state index contributed by atoms with van der Waals surface area (Å²) in [5.74, 6) is -0.756. The number of pyridine rings is 2. The van der Waals surface area contributed by atoms with Crippen LogP contribution in [0.25, 0.3) is 22.3 Å². The third-order valence-electron chi connectivity index (χ3n) is 5.19. The topological polar surface area (TPSA) is 133 Å². The Morgan fingerprint density at radius 2 is 1.81 bits per heavy atom. The van der Waals surface area contributed by atoms with Gasteiger partial charge < -0.3 is 16.2 Å². The van der Waals surface area contributed by atoms with E-state index in [1.165, 1.54) is 36.8 Å². The Balaban J connectivity index is 1.55. The molecular weight excluding hydrogens is 506 g/mol. The number of nitrogen functional groups attached to an aromatic ring is 1. The van der Waals surface area contributed by atoms with E-state index in [4.69, 9.17) is 17.3 Å². The van der Waals surface area contributed by atoms with E-state index < -0.39 is 29.5 Å². The molecule has 4 heterocycles. The van der Waals surface area contributed by atoms with Crippen molar-refractivity contribution in [1.82, 2.24) is 34.7 Å². The molecule has 36 heavy (non-hydrogen) atoms. The first-order chi connectivity index (χ1) is 17.1. The number of fused-ring (bicyclic) bond motifs is 1. The van der Waals surface area contributed by atoms with Crippen molar-refractivity contribution in [3.63, 3.8) is 0 Å². The zero-order chi connectivity index (χ0) is 25.6. The van der Waals surface area contributed by atoms with Gasteiger partial charge >= 0.3 is 6.18 Å². The number of alkyl halides is 3. The summed E-state index contributed by atoms with van der Waals surface area (Å²) >= 11 is 6.19. The fraction of sp³-hybridized carbons (Fsp3) is 0.0952. The van der Waals surface area contributed by atoms with Crippen LogP contribution in [0.3, 0.4) is 0 Å². The number of nitrogens with two attached hydrogens (primary N) is 1. The van der Waals surface area contributed by atoms with Gasteiger partial charge in [0.05, 0.1) is 58.3 Å². The van der Waals surface area contributed by atoms with Crippen LogP contribution in [0.5, 0.6) is 0 Å². The van der Waals surface area contributed by atoms with E-state index in [1.807, 2.05) is 0 Å². The van der Waals surface area contributed by atoms with E-state index in [-0.39, 0.29) is 38.8 Å². The van der Waals surface area contributed by atoms with Crippen LogP contribution in [0.1, 0.15) is 17.5 Å². The summed E-state index contributed by atoms with van der Waals surface area (Å²) in [5, 5.41) is 24.8. The molecule has 0 fully saturated rings. The fourth-order valence-electron chi connectivity index (χ4n) is 3.68. The predicted molar refractivity (Wildman–Crippen MR) is 121 cm³/mol. The molecule has 0 spiro atoms. The number of anilines is 2. The van der Waals surface area contributed by atoms with Crippen molar-refractivity contribution >= 4 is 33.9 Å². The Hall–Kier alpha value is -4.30. The lowest BCUT2D eigenvalue weighted by Gasteiger charge is -2.18. The number of aliphatic hydroxyl groups is 1. The van der Waals surface area contributed by atoms with E-state index in [0.717, 1.165) is 23.3 Å². The number of aromatic nitrogens is 7. The normalized spacial score (nSPS) is 12.7. The molecule has 0 saturated carbocycles. The minimum atomic E-state index is -4.96. The Labute approximate surface area is 204 Å². The van der Waals surface area contributed by atoms with Crippen LogP contribution in [-0.4, -0.2) is 39.8 Å². The number of nitrogens with one attached hydrogen (secondary N) is 1. The van der Waals surface area contributed by atoms with Gasteiger partial charge in [-0.25, -0.2) is 19.0 Å². The molecule has 0 saturated heterocycles. The lowest BCUT2D eigenvalue weighted by molar-refractivity contribution is -0.144. The van der Waals surface area contributed by atoms with Gasteiger partial charge in [0.1, 0.15) is 11.6 Å². The number of hydrogen-bond donors (Lipinski definition) is 3. The van der Waals surface area contributed by atoms with Gasteiger partial charge in [0.2, 0.25) is 0 Å². The SMILES string of the molecule is Nc1ncc(-n2ncc(C(O)Nc3cnc(-n4nccn4)c(Cl)c3)c2C(F)(F)F)c2cccc(F)c12. The van der Waals surface area contributed by atoms with Crippen molar-refractivity contribution in [3.05, 3.63) is 77.3 Å². The average Bonchev–Trinajstić information content (AvgIpc) is 3.50. The molecule has 4 aromatic heterocycles. The minimum absolute atomic E-state index is 0.0592. The summed E-state index contributed by atoms with van der Waals surface area (Å²) in [6.45, 7) is 0. The van der Waals surface area contributed by atoms with Gasteiger partial charge in [-0.2, -0.15) is 28.5 Å².